The molecular weight excluding hydrogens is 252 g/mol. The fourth-order valence-electron chi connectivity index (χ4n) is 1.71. The minimum Gasteiger partial charge on any atom is -0.481 e. The number of nitrogens with zero attached hydrogens (tertiary/aromatic N) is 1. The zero-order valence-electron chi connectivity index (χ0n) is 10.5. The van der Waals surface area contributed by atoms with E-state index in [0.717, 1.165) is 0 Å². The number of hydrogen-bond donors (Lipinski definition) is 3. The number of carboxylic acids is 1. The largest absolute Gasteiger partial charge is 0.481 e. The maximum absolute atomic E-state index is 11.4. The Kier molecular flexibility index (Phi) is 6.01. The third-order valence-electron chi connectivity index (χ3n) is 2.73. The number of nitrogens with one attached hydrogen (secondary N) is 1. The molecule has 106 valence electrons. The lowest BCUT2D eigenvalue weighted by Crippen LogP contribution is -2.40. The van der Waals surface area contributed by atoms with Crippen LogP contribution in [0.25, 0.3) is 0 Å². The van der Waals surface area contributed by atoms with Gasteiger partial charge in [0.1, 0.15) is 6.23 Å². The molecule has 0 aliphatic carbocycles. The van der Waals surface area contributed by atoms with E-state index in [9.17, 15) is 19.5 Å². The van der Waals surface area contributed by atoms with Crippen LogP contribution >= 0.6 is 0 Å². The quantitative estimate of drug-likeness (QED) is 0.514. The molecule has 7 heteroatoms. The van der Waals surface area contributed by atoms with E-state index in [1.54, 1.807) is 0 Å². The summed E-state index contributed by atoms with van der Waals surface area (Å²) in [6.45, 7) is 0.510. The molecule has 19 heavy (non-hydrogen) atoms. The summed E-state index contributed by atoms with van der Waals surface area (Å²) >= 11 is 0. The number of unbranched alkanes of at least 4 members (excludes halogenated alkanes) is 1. The number of hydrogen-bond acceptors (Lipinski definition) is 4. The number of carboxylic acid groups (broad SMARTS) is 1. The van der Waals surface area contributed by atoms with Crippen molar-refractivity contribution in [1.29, 1.82) is 0 Å². The van der Waals surface area contributed by atoms with Crippen molar-refractivity contribution < 1.29 is 24.6 Å². The van der Waals surface area contributed by atoms with Gasteiger partial charge in [0.15, 0.2) is 0 Å². The minimum atomic E-state index is -0.917. The average molecular weight is 270 g/mol. The van der Waals surface area contributed by atoms with Crippen molar-refractivity contribution in [3.63, 3.8) is 0 Å². The Hall–Kier alpha value is -1.89. The van der Waals surface area contributed by atoms with E-state index in [-0.39, 0.29) is 37.7 Å². The Morgan fingerprint density at radius 1 is 1.32 bits per heavy atom. The molecule has 0 radical (unpaired) electrons. The molecule has 2 amide bonds. The number of carbonyl (C=O) groups is 3. The van der Waals surface area contributed by atoms with Gasteiger partial charge in [0.25, 0.3) is 0 Å². The fourth-order valence-corrected chi connectivity index (χ4v) is 1.71. The van der Waals surface area contributed by atoms with Gasteiger partial charge in [0.05, 0.1) is 0 Å². The summed E-state index contributed by atoms with van der Waals surface area (Å²) in [7, 11) is 0. The lowest BCUT2D eigenvalue weighted by atomic mass is 10.2. The normalized spacial score (nSPS) is 17.8. The molecule has 1 unspecified atom stereocenters. The fraction of sp³-hybridized carbons (Fsp3) is 0.583. The Morgan fingerprint density at radius 2 is 2.00 bits per heavy atom. The maximum Gasteiger partial charge on any atom is 0.303 e. The molecule has 0 fully saturated rings. The molecule has 0 bridgehead atoms. The number of amides is 2. The summed E-state index contributed by atoms with van der Waals surface area (Å²) < 4.78 is 0. The molecule has 7 nitrogen and oxygen atoms in total. The second-order valence-electron chi connectivity index (χ2n) is 4.26. The van der Waals surface area contributed by atoms with Crippen LogP contribution in [0.5, 0.6) is 0 Å². The Morgan fingerprint density at radius 3 is 2.58 bits per heavy atom. The van der Waals surface area contributed by atoms with Crippen molar-refractivity contribution in [3.8, 4) is 0 Å². The van der Waals surface area contributed by atoms with Gasteiger partial charge in [-0.3, -0.25) is 14.4 Å². The van der Waals surface area contributed by atoms with Crippen LogP contribution < -0.4 is 5.32 Å². The van der Waals surface area contributed by atoms with E-state index >= 15 is 0 Å². The summed E-state index contributed by atoms with van der Waals surface area (Å²) in [6.07, 6.45) is 3.07. The van der Waals surface area contributed by atoms with Crippen LogP contribution in [0.15, 0.2) is 12.2 Å². The van der Waals surface area contributed by atoms with Gasteiger partial charge in [-0.2, -0.15) is 0 Å². The molecular formula is C12H18N2O5. The molecule has 0 spiro atoms. The lowest BCUT2D eigenvalue weighted by Gasteiger charge is -2.20. The second-order valence-corrected chi connectivity index (χ2v) is 4.26. The highest BCUT2D eigenvalue weighted by molar-refractivity contribution is 5.90. The van der Waals surface area contributed by atoms with Gasteiger partial charge >= 0.3 is 5.97 Å². The second kappa shape index (κ2) is 7.52. The van der Waals surface area contributed by atoms with Crippen LogP contribution in [0.4, 0.5) is 0 Å². The first-order valence-corrected chi connectivity index (χ1v) is 6.16. The van der Waals surface area contributed by atoms with Crippen molar-refractivity contribution >= 4 is 17.8 Å². The maximum atomic E-state index is 11.4. The van der Waals surface area contributed by atoms with Crippen LogP contribution in [0.3, 0.4) is 0 Å². The van der Waals surface area contributed by atoms with Gasteiger partial charge in [0, 0.05) is 32.0 Å². The van der Waals surface area contributed by atoms with Gasteiger partial charge in [-0.05, 0) is 18.9 Å². The highest BCUT2D eigenvalue weighted by atomic mass is 16.4. The van der Waals surface area contributed by atoms with Crippen LogP contribution in [-0.4, -0.2) is 52.2 Å². The summed E-state index contributed by atoms with van der Waals surface area (Å²) in [5, 5.41) is 20.4. The zero-order chi connectivity index (χ0) is 14.3. The SMILES string of the molecule is O=C(O)CCCCC(=O)NCCN1C(=O)C=CC1O. The molecule has 1 aliphatic rings. The summed E-state index contributed by atoms with van der Waals surface area (Å²) in [5.74, 6) is -1.32. The molecule has 1 heterocycles. The molecule has 0 aromatic carbocycles. The third kappa shape index (κ3) is 5.52. The van der Waals surface area contributed by atoms with Crippen molar-refractivity contribution in [3.05, 3.63) is 12.2 Å². The monoisotopic (exact) mass is 270 g/mol. The van der Waals surface area contributed by atoms with Crippen LogP contribution in [0.2, 0.25) is 0 Å². The lowest BCUT2D eigenvalue weighted by molar-refractivity contribution is -0.137. The minimum absolute atomic E-state index is 0.0629. The molecule has 1 atom stereocenters. The molecule has 0 saturated carbocycles. The number of aliphatic hydroxyl groups excluding tert-OH is 1. The smallest absolute Gasteiger partial charge is 0.303 e. The first-order valence-electron chi connectivity index (χ1n) is 6.16. The third-order valence-corrected chi connectivity index (χ3v) is 2.73. The Balaban J connectivity index is 2.07. The molecule has 0 saturated heterocycles. The summed E-state index contributed by atoms with van der Waals surface area (Å²) in [6, 6.07) is 0. The Bertz CT molecular complexity index is 380. The average Bonchev–Trinajstić information content (AvgIpc) is 2.66. The van der Waals surface area contributed by atoms with Gasteiger partial charge in [-0.25, -0.2) is 0 Å². The van der Waals surface area contributed by atoms with Crippen molar-refractivity contribution in [1.82, 2.24) is 10.2 Å². The van der Waals surface area contributed by atoms with E-state index in [2.05, 4.69) is 5.32 Å². The van der Waals surface area contributed by atoms with E-state index in [1.807, 2.05) is 0 Å². The summed E-state index contributed by atoms with van der Waals surface area (Å²) in [4.78, 5) is 34.1. The molecule has 0 aromatic heterocycles. The standard InChI is InChI=1S/C12H18N2O5/c15-9(3-1-2-4-12(18)19)13-7-8-14-10(16)5-6-11(14)17/h5-6,10,16H,1-4,7-8H2,(H,13,15)(H,18,19). The van der Waals surface area contributed by atoms with Crippen molar-refractivity contribution in [2.24, 2.45) is 0 Å². The topological polar surface area (TPSA) is 107 Å². The van der Waals surface area contributed by atoms with Gasteiger partial charge < -0.3 is 20.4 Å². The van der Waals surface area contributed by atoms with Gasteiger partial charge in [-0.15, -0.1) is 0 Å². The van der Waals surface area contributed by atoms with Crippen molar-refractivity contribution in [2.45, 2.75) is 31.9 Å². The molecule has 0 aromatic rings. The van der Waals surface area contributed by atoms with Crippen LogP contribution in [0.1, 0.15) is 25.7 Å². The first kappa shape index (κ1) is 15.2. The number of aliphatic carboxylic acids is 1. The summed E-state index contributed by atoms with van der Waals surface area (Å²) in [5.41, 5.74) is 0. The highest BCUT2D eigenvalue weighted by Gasteiger charge is 2.22. The number of carbonyl (C=O) groups excluding carboxylic acids is 2. The van der Waals surface area contributed by atoms with Crippen LogP contribution in [-0.2, 0) is 14.4 Å². The molecule has 3 N–H and O–H groups in total. The molecule has 1 rings (SSSR count). The van der Waals surface area contributed by atoms with Crippen molar-refractivity contribution in [2.75, 3.05) is 13.1 Å². The number of rotatable bonds is 8. The van der Waals surface area contributed by atoms with E-state index in [0.29, 0.717) is 12.8 Å². The zero-order valence-corrected chi connectivity index (χ0v) is 10.5. The predicted molar refractivity (Wildman–Crippen MR) is 66.0 cm³/mol. The highest BCUT2D eigenvalue weighted by Crippen LogP contribution is 2.07. The van der Waals surface area contributed by atoms with E-state index < -0.39 is 12.2 Å². The first-order chi connectivity index (χ1) is 9.00. The predicted octanol–water partition coefficient (Wildman–Crippen LogP) is -0.536. The molecule has 1 aliphatic heterocycles. The van der Waals surface area contributed by atoms with E-state index in [4.69, 9.17) is 5.11 Å². The van der Waals surface area contributed by atoms with Gasteiger partial charge in [-0.1, -0.05) is 0 Å². The van der Waals surface area contributed by atoms with Gasteiger partial charge in [0.2, 0.25) is 11.8 Å². The number of aliphatic hydroxyl groups is 1. The van der Waals surface area contributed by atoms with E-state index in [1.165, 1.54) is 17.1 Å². The Labute approximate surface area is 110 Å². The van der Waals surface area contributed by atoms with Crippen LogP contribution in [0, 0.1) is 0 Å².